The number of anilines is 1. The lowest BCUT2D eigenvalue weighted by atomic mass is 9.98. The minimum Gasteiger partial charge on any atom is -0.383 e. The molecule has 5 nitrogen and oxygen atoms in total. The van der Waals surface area contributed by atoms with Gasteiger partial charge in [0.1, 0.15) is 5.84 Å². The quantitative estimate of drug-likeness (QED) is 0.475. The SMILES string of the molecule is Cc1ccc2c3c(ccc(N(C)Cc4ccc(S(=O)(=O)c5ccccc5)cc4)c13)N=C2N. The highest BCUT2D eigenvalue weighted by atomic mass is 32.2. The Hall–Kier alpha value is -3.64. The highest BCUT2D eigenvalue weighted by molar-refractivity contribution is 7.91. The van der Waals surface area contributed by atoms with Crippen LogP contribution in [0.1, 0.15) is 16.7 Å². The maximum absolute atomic E-state index is 12.8. The normalized spacial score (nSPS) is 12.8. The van der Waals surface area contributed by atoms with Crippen molar-refractivity contribution < 1.29 is 8.42 Å². The fourth-order valence-electron chi connectivity index (χ4n) is 4.31. The molecule has 0 aromatic heterocycles. The van der Waals surface area contributed by atoms with Crippen LogP contribution in [0, 0.1) is 6.92 Å². The highest BCUT2D eigenvalue weighted by Crippen LogP contribution is 2.41. The Kier molecular flexibility index (Phi) is 4.75. The summed E-state index contributed by atoms with van der Waals surface area (Å²) in [7, 11) is -1.48. The van der Waals surface area contributed by atoms with Gasteiger partial charge in [-0.25, -0.2) is 13.4 Å². The lowest BCUT2D eigenvalue weighted by Gasteiger charge is -2.23. The van der Waals surface area contributed by atoms with E-state index in [0.717, 1.165) is 33.3 Å². The van der Waals surface area contributed by atoms with E-state index in [4.69, 9.17) is 5.73 Å². The molecule has 1 aliphatic heterocycles. The number of nitrogens with two attached hydrogens (primary N) is 1. The molecular weight excluding hydrogens is 418 g/mol. The lowest BCUT2D eigenvalue weighted by molar-refractivity contribution is 0.596. The predicted molar refractivity (Wildman–Crippen MR) is 130 cm³/mol. The molecule has 0 aliphatic carbocycles. The minimum atomic E-state index is -3.52. The van der Waals surface area contributed by atoms with E-state index in [2.05, 4.69) is 28.9 Å². The van der Waals surface area contributed by atoms with E-state index in [9.17, 15) is 8.42 Å². The van der Waals surface area contributed by atoms with Crippen LogP contribution in [0.4, 0.5) is 11.4 Å². The van der Waals surface area contributed by atoms with Crippen LogP contribution in [0.25, 0.3) is 10.8 Å². The molecule has 0 saturated heterocycles. The monoisotopic (exact) mass is 441 g/mol. The van der Waals surface area contributed by atoms with Crippen LogP contribution in [0.5, 0.6) is 0 Å². The van der Waals surface area contributed by atoms with E-state index in [-0.39, 0.29) is 0 Å². The minimum absolute atomic E-state index is 0.295. The molecular formula is C26H23N3O2S. The maximum atomic E-state index is 12.8. The van der Waals surface area contributed by atoms with E-state index in [1.807, 2.05) is 31.3 Å². The maximum Gasteiger partial charge on any atom is 0.206 e. The first-order valence-electron chi connectivity index (χ1n) is 10.4. The molecule has 0 amide bonds. The molecule has 32 heavy (non-hydrogen) atoms. The summed E-state index contributed by atoms with van der Waals surface area (Å²) < 4.78 is 25.7. The summed E-state index contributed by atoms with van der Waals surface area (Å²) in [5.41, 5.74) is 11.3. The second-order valence-corrected chi connectivity index (χ2v) is 10.0. The zero-order valence-electron chi connectivity index (χ0n) is 17.9. The molecule has 0 saturated carbocycles. The molecule has 0 atom stereocenters. The summed E-state index contributed by atoms with van der Waals surface area (Å²) in [6, 6.07) is 23.8. The molecule has 0 radical (unpaired) electrons. The first-order chi connectivity index (χ1) is 15.4. The summed E-state index contributed by atoms with van der Waals surface area (Å²) >= 11 is 0. The van der Waals surface area contributed by atoms with Crippen molar-refractivity contribution in [3.8, 4) is 0 Å². The standard InChI is InChI=1S/C26H23N3O2S/c1-17-8-13-21-25-22(28-26(21)27)14-15-23(24(17)25)29(2)16-18-9-11-20(12-10-18)32(30,31)19-6-4-3-5-7-19/h3-15H,16H2,1-2H3,(H2,27,28). The fourth-order valence-corrected chi connectivity index (χ4v) is 5.59. The Bertz CT molecular complexity index is 1480. The first kappa shape index (κ1) is 20.3. The van der Waals surface area contributed by atoms with Gasteiger partial charge in [0.25, 0.3) is 0 Å². The van der Waals surface area contributed by atoms with Crippen LogP contribution in [0.2, 0.25) is 0 Å². The molecule has 160 valence electrons. The molecule has 1 aliphatic rings. The molecule has 2 N–H and O–H groups in total. The van der Waals surface area contributed by atoms with Gasteiger partial charge in [0.05, 0.1) is 15.5 Å². The largest absolute Gasteiger partial charge is 0.383 e. The van der Waals surface area contributed by atoms with Crippen LogP contribution < -0.4 is 10.6 Å². The van der Waals surface area contributed by atoms with E-state index in [0.29, 0.717) is 22.2 Å². The average Bonchev–Trinajstić information content (AvgIpc) is 3.13. The second kappa shape index (κ2) is 7.50. The van der Waals surface area contributed by atoms with Gasteiger partial charge in [0.2, 0.25) is 9.84 Å². The first-order valence-corrected chi connectivity index (χ1v) is 11.9. The molecule has 0 bridgehead atoms. The molecule has 6 heteroatoms. The average molecular weight is 442 g/mol. The number of hydrogen-bond donors (Lipinski definition) is 1. The van der Waals surface area contributed by atoms with Crippen molar-refractivity contribution >= 4 is 37.8 Å². The second-order valence-electron chi connectivity index (χ2n) is 8.10. The molecule has 5 rings (SSSR count). The third-order valence-electron chi connectivity index (χ3n) is 5.96. The smallest absolute Gasteiger partial charge is 0.206 e. The van der Waals surface area contributed by atoms with Crippen molar-refractivity contribution in [1.29, 1.82) is 0 Å². The van der Waals surface area contributed by atoms with Gasteiger partial charge in [0, 0.05) is 35.6 Å². The highest BCUT2D eigenvalue weighted by Gasteiger charge is 2.21. The third-order valence-corrected chi connectivity index (χ3v) is 7.75. The van der Waals surface area contributed by atoms with Crippen LogP contribution in [-0.4, -0.2) is 21.3 Å². The van der Waals surface area contributed by atoms with Gasteiger partial charge in [-0.3, -0.25) is 0 Å². The Labute approximate surface area is 187 Å². The van der Waals surface area contributed by atoms with E-state index in [1.165, 1.54) is 5.56 Å². The van der Waals surface area contributed by atoms with Gasteiger partial charge in [-0.2, -0.15) is 0 Å². The summed E-state index contributed by atoms with van der Waals surface area (Å²) in [4.78, 5) is 7.27. The molecule has 4 aromatic carbocycles. The van der Waals surface area contributed by atoms with Crippen molar-refractivity contribution in [2.45, 2.75) is 23.3 Å². The van der Waals surface area contributed by atoms with E-state index in [1.54, 1.807) is 42.5 Å². The van der Waals surface area contributed by atoms with Gasteiger partial charge in [-0.05, 0) is 54.4 Å². The van der Waals surface area contributed by atoms with Gasteiger partial charge < -0.3 is 10.6 Å². The Balaban J connectivity index is 1.45. The summed E-state index contributed by atoms with van der Waals surface area (Å²) in [5, 5.41) is 2.24. The van der Waals surface area contributed by atoms with Crippen LogP contribution in [0.15, 0.2) is 93.6 Å². The number of amidine groups is 1. The number of aliphatic imine (C=N–C) groups is 1. The number of aryl methyl sites for hydroxylation is 1. The Morgan fingerprint density at radius 3 is 2.25 bits per heavy atom. The number of nitrogens with zero attached hydrogens (tertiary/aromatic N) is 2. The zero-order valence-corrected chi connectivity index (χ0v) is 18.7. The molecule has 4 aromatic rings. The van der Waals surface area contributed by atoms with Crippen LogP contribution in [0.3, 0.4) is 0 Å². The molecule has 0 unspecified atom stereocenters. The molecule has 0 fully saturated rings. The van der Waals surface area contributed by atoms with Crippen molar-refractivity contribution in [2.24, 2.45) is 10.7 Å². The van der Waals surface area contributed by atoms with E-state index < -0.39 is 9.84 Å². The summed E-state index contributed by atoms with van der Waals surface area (Å²) in [6.45, 7) is 2.73. The lowest BCUT2D eigenvalue weighted by Crippen LogP contribution is -2.17. The predicted octanol–water partition coefficient (Wildman–Crippen LogP) is 4.97. The van der Waals surface area contributed by atoms with E-state index >= 15 is 0 Å². The fraction of sp³-hybridized carbons (Fsp3) is 0.115. The Morgan fingerprint density at radius 2 is 1.53 bits per heavy atom. The van der Waals surface area contributed by atoms with Crippen molar-refractivity contribution in [3.05, 3.63) is 95.6 Å². The number of rotatable bonds is 5. The summed E-state index contributed by atoms with van der Waals surface area (Å²) in [5.74, 6) is 0.556. The Morgan fingerprint density at radius 1 is 0.844 bits per heavy atom. The van der Waals surface area contributed by atoms with Crippen LogP contribution in [-0.2, 0) is 16.4 Å². The van der Waals surface area contributed by atoms with Gasteiger partial charge in [0.15, 0.2) is 0 Å². The zero-order chi connectivity index (χ0) is 22.5. The number of sulfone groups is 1. The van der Waals surface area contributed by atoms with Crippen LogP contribution >= 0.6 is 0 Å². The van der Waals surface area contributed by atoms with Gasteiger partial charge in [-0.15, -0.1) is 0 Å². The summed E-state index contributed by atoms with van der Waals surface area (Å²) in [6.07, 6.45) is 0. The molecule has 0 spiro atoms. The third kappa shape index (κ3) is 3.24. The number of benzene rings is 4. The van der Waals surface area contributed by atoms with Gasteiger partial charge >= 0.3 is 0 Å². The van der Waals surface area contributed by atoms with Crippen molar-refractivity contribution in [1.82, 2.24) is 0 Å². The van der Waals surface area contributed by atoms with Gasteiger partial charge in [-0.1, -0.05) is 42.5 Å². The van der Waals surface area contributed by atoms with Crippen molar-refractivity contribution in [2.75, 3.05) is 11.9 Å². The molecule has 1 heterocycles. The topological polar surface area (TPSA) is 75.8 Å². The van der Waals surface area contributed by atoms with Crippen molar-refractivity contribution in [3.63, 3.8) is 0 Å². The number of hydrogen-bond acceptors (Lipinski definition) is 5.